The zero-order valence-corrected chi connectivity index (χ0v) is 17.4. The van der Waals surface area contributed by atoms with Crippen molar-refractivity contribution in [1.29, 1.82) is 0 Å². The van der Waals surface area contributed by atoms with E-state index in [-0.39, 0.29) is 22.5 Å². The van der Waals surface area contributed by atoms with Gasteiger partial charge in [0, 0.05) is 41.7 Å². The van der Waals surface area contributed by atoms with E-state index in [4.69, 9.17) is 27.6 Å². The summed E-state index contributed by atoms with van der Waals surface area (Å²) in [5.41, 5.74) is 1.62. The normalized spacial score (nSPS) is 17.3. The van der Waals surface area contributed by atoms with E-state index >= 15 is 0 Å². The molecule has 1 atom stereocenters. The molecular formula is C17H20Cl2N2O3S2. The Morgan fingerprint density at radius 1 is 1.27 bits per heavy atom. The van der Waals surface area contributed by atoms with Crippen molar-refractivity contribution in [2.24, 2.45) is 0 Å². The number of furan rings is 1. The summed E-state index contributed by atoms with van der Waals surface area (Å²) in [6, 6.07) is 4.75. The molecule has 2 aromatic rings. The van der Waals surface area contributed by atoms with Crippen molar-refractivity contribution >= 4 is 45.0 Å². The molecule has 0 radical (unpaired) electrons. The molecule has 2 heterocycles. The number of thioether (sulfide) groups is 1. The van der Waals surface area contributed by atoms with Gasteiger partial charge in [0.2, 0.25) is 10.0 Å². The summed E-state index contributed by atoms with van der Waals surface area (Å²) in [5.74, 6) is 2.06. The molecule has 0 bridgehead atoms. The fourth-order valence-corrected chi connectivity index (χ4v) is 5.71. The third-order valence-corrected chi connectivity index (χ3v) is 7.62. The number of rotatable bonds is 6. The van der Waals surface area contributed by atoms with Gasteiger partial charge in [0.15, 0.2) is 0 Å². The minimum absolute atomic E-state index is 0.0428. The maximum Gasteiger partial charge on any atom is 0.242 e. The lowest BCUT2D eigenvalue weighted by Crippen LogP contribution is -2.41. The molecule has 26 heavy (non-hydrogen) atoms. The quantitative estimate of drug-likeness (QED) is 0.744. The number of halogens is 2. The van der Waals surface area contributed by atoms with Crippen LogP contribution < -0.4 is 4.72 Å². The Labute approximate surface area is 168 Å². The average Bonchev–Trinajstić information content (AvgIpc) is 3.13. The third-order valence-electron chi connectivity index (χ3n) is 4.38. The second-order valence-corrected chi connectivity index (χ2v) is 9.88. The number of nitrogens with one attached hydrogen (secondary N) is 1. The molecule has 142 valence electrons. The highest BCUT2D eigenvalue weighted by molar-refractivity contribution is 7.99. The van der Waals surface area contributed by atoms with E-state index in [2.05, 4.69) is 9.62 Å². The Morgan fingerprint density at radius 2 is 2.00 bits per heavy atom. The fraction of sp³-hybridized carbons (Fsp3) is 0.412. The van der Waals surface area contributed by atoms with Crippen molar-refractivity contribution in [2.45, 2.75) is 17.9 Å². The van der Waals surface area contributed by atoms with E-state index < -0.39 is 10.0 Å². The van der Waals surface area contributed by atoms with Crippen molar-refractivity contribution in [3.05, 3.63) is 51.9 Å². The van der Waals surface area contributed by atoms with Gasteiger partial charge in [0.05, 0.1) is 23.6 Å². The zero-order valence-electron chi connectivity index (χ0n) is 14.2. The van der Waals surface area contributed by atoms with E-state index in [0.717, 1.165) is 30.2 Å². The van der Waals surface area contributed by atoms with E-state index in [1.807, 2.05) is 17.8 Å². The number of nitrogens with zero attached hydrogens (tertiary/aromatic N) is 1. The van der Waals surface area contributed by atoms with Crippen LogP contribution in [0.4, 0.5) is 0 Å². The monoisotopic (exact) mass is 434 g/mol. The number of benzene rings is 1. The van der Waals surface area contributed by atoms with Crippen molar-refractivity contribution in [2.75, 3.05) is 31.1 Å². The molecule has 0 spiro atoms. The topological polar surface area (TPSA) is 62.6 Å². The first-order valence-electron chi connectivity index (χ1n) is 8.17. The van der Waals surface area contributed by atoms with Crippen molar-refractivity contribution < 1.29 is 12.8 Å². The first-order chi connectivity index (χ1) is 12.4. The van der Waals surface area contributed by atoms with Gasteiger partial charge in [0.25, 0.3) is 0 Å². The van der Waals surface area contributed by atoms with Crippen molar-refractivity contribution in [3.63, 3.8) is 0 Å². The molecule has 1 aliphatic rings. The maximum atomic E-state index is 12.8. The highest BCUT2D eigenvalue weighted by Gasteiger charge is 2.26. The average molecular weight is 435 g/mol. The van der Waals surface area contributed by atoms with Gasteiger partial charge in [-0.05, 0) is 30.7 Å². The van der Waals surface area contributed by atoms with Crippen LogP contribution in [-0.2, 0) is 10.0 Å². The molecule has 1 aliphatic heterocycles. The summed E-state index contributed by atoms with van der Waals surface area (Å²) in [5, 5.41) is 0.554. The fourth-order valence-electron chi connectivity index (χ4n) is 2.91. The molecule has 5 nitrogen and oxygen atoms in total. The standard InChI is InChI=1S/C17H20Cl2N2O3S2/c1-12-8-17(15(19)9-14(12)18)26(22,23)20-10-16(13-2-5-24-11-13)21-3-6-25-7-4-21/h2,5,8-9,11,16,20H,3-4,6-7,10H2,1H3/t16-/m0/s1. The van der Waals surface area contributed by atoms with Crippen LogP contribution in [0.25, 0.3) is 0 Å². The SMILES string of the molecule is Cc1cc(S(=O)(=O)NC[C@@H](c2ccoc2)N2CCSCC2)c(Cl)cc1Cl. The van der Waals surface area contributed by atoms with Crippen molar-refractivity contribution in [1.82, 2.24) is 9.62 Å². The Morgan fingerprint density at radius 3 is 2.65 bits per heavy atom. The predicted molar refractivity (Wildman–Crippen MR) is 107 cm³/mol. The van der Waals surface area contributed by atoms with Gasteiger partial charge in [-0.15, -0.1) is 0 Å². The minimum atomic E-state index is -3.76. The lowest BCUT2D eigenvalue weighted by molar-refractivity contribution is 0.218. The van der Waals surface area contributed by atoms with Gasteiger partial charge in [-0.3, -0.25) is 4.90 Å². The van der Waals surface area contributed by atoms with E-state index in [1.54, 1.807) is 19.5 Å². The first kappa shape index (κ1) is 20.0. The van der Waals surface area contributed by atoms with Gasteiger partial charge in [-0.1, -0.05) is 23.2 Å². The van der Waals surface area contributed by atoms with Gasteiger partial charge < -0.3 is 4.42 Å². The van der Waals surface area contributed by atoms with E-state index in [0.29, 0.717) is 10.6 Å². The Kier molecular flexibility index (Phi) is 6.59. The van der Waals surface area contributed by atoms with Crippen LogP contribution in [0.3, 0.4) is 0 Å². The maximum absolute atomic E-state index is 12.8. The Hall–Kier alpha value is -0.700. The first-order valence-corrected chi connectivity index (χ1v) is 11.6. The van der Waals surface area contributed by atoms with Crippen LogP contribution in [0.15, 0.2) is 40.0 Å². The van der Waals surface area contributed by atoms with Crippen LogP contribution >= 0.6 is 35.0 Å². The summed E-state index contributed by atoms with van der Waals surface area (Å²) < 4.78 is 33.5. The third kappa shape index (κ3) is 4.58. The summed E-state index contributed by atoms with van der Waals surface area (Å²) in [6.07, 6.45) is 3.27. The number of sulfonamides is 1. The smallest absolute Gasteiger partial charge is 0.242 e. The largest absolute Gasteiger partial charge is 0.472 e. The molecule has 3 rings (SSSR count). The summed E-state index contributed by atoms with van der Waals surface area (Å²) in [7, 11) is -3.76. The molecule has 1 aromatic heterocycles. The number of aryl methyl sites for hydroxylation is 1. The lowest BCUT2D eigenvalue weighted by atomic mass is 10.1. The van der Waals surface area contributed by atoms with E-state index in [9.17, 15) is 8.42 Å². The Balaban J connectivity index is 1.81. The number of hydrogen-bond donors (Lipinski definition) is 1. The Bertz CT molecular complexity index is 851. The summed E-state index contributed by atoms with van der Waals surface area (Å²) in [6.45, 7) is 3.80. The van der Waals surface area contributed by atoms with Gasteiger partial charge in [0.1, 0.15) is 4.90 Å². The van der Waals surface area contributed by atoms with Crippen LogP contribution in [-0.4, -0.2) is 44.5 Å². The lowest BCUT2D eigenvalue weighted by Gasteiger charge is -2.33. The van der Waals surface area contributed by atoms with Crippen LogP contribution in [0.1, 0.15) is 17.2 Å². The number of hydrogen-bond acceptors (Lipinski definition) is 5. The van der Waals surface area contributed by atoms with Gasteiger partial charge in [-0.2, -0.15) is 11.8 Å². The van der Waals surface area contributed by atoms with Crippen LogP contribution in [0.5, 0.6) is 0 Å². The highest BCUT2D eigenvalue weighted by Crippen LogP contribution is 2.29. The molecule has 1 N–H and O–H groups in total. The predicted octanol–water partition coefficient (Wildman–Crippen LogP) is 3.96. The molecule has 1 saturated heterocycles. The van der Waals surface area contributed by atoms with Gasteiger partial charge >= 0.3 is 0 Å². The molecule has 9 heteroatoms. The molecule has 0 saturated carbocycles. The second-order valence-electron chi connectivity index (χ2n) is 6.10. The van der Waals surface area contributed by atoms with Crippen molar-refractivity contribution in [3.8, 4) is 0 Å². The van der Waals surface area contributed by atoms with Crippen LogP contribution in [0.2, 0.25) is 10.0 Å². The second kappa shape index (κ2) is 8.54. The molecule has 0 aliphatic carbocycles. The van der Waals surface area contributed by atoms with E-state index in [1.165, 1.54) is 12.1 Å². The molecule has 0 unspecified atom stereocenters. The highest BCUT2D eigenvalue weighted by atomic mass is 35.5. The molecule has 0 amide bonds. The summed E-state index contributed by atoms with van der Waals surface area (Å²) >= 11 is 14.0. The molecule has 1 aromatic carbocycles. The summed E-state index contributed by atoms with van der Waals surface area (Å²) in [4.78, 5) is 2.32. The molecular weight excluding hydrogens is 415 g/mol. The zero-order chi connectivity index (χ0) is 18.7. The molecule has 1 fully saturated rings. The van der Waals surface area contributed by atoms with Gasteiger partial charge in [-0.25, -0.2) is 13.1 Å². The van der Waals surface area contributed by atoms with Crippen LogP contribution in [0, 0.1) is 6.92 Å². The minimum Gasteiger partial charge on any atom is -0.472 e.